The van der Waals surface area contributed by atoms with Crippen LogP contribution in [0.1, 0.15) is 15.9 Å². The highest BCUT2D eigenvalue weighted by molar-refractivity contribution is 6.31. The normalized spacial score (nSPS) is 10.4. The molecule has 1 aromatic carbocycles. The molecule has 0 amide bonds. The van der Waals surface area contributed by atoms with Gasteiger partial charge < -0.3 is 0 Å². The lowest BCUT2D eigenvalue weighted by Crippen LogP contribution is -1.90. The molecule has 0 aliphatic rings. The topological polar surface area (TPSA) is 30.0 Å². The molecule has 0 radical (unpaired) electrons. The second kappa shape index (κ2) is 3.39. The largest absolute Gasteiger partial charge is 0.298 e. The van der Waals surface area contributed by atoms with Gasteiger partial charge in [0, 0.05) is 22.2 Å². The number of benzene rings is 1. The molecule has 0 fully saturated rings. The molecule has 2 rings (SSSR count). The molecule has 2 nitrogen and oxygen atoms in total. The minimum Gasteiger partial charge on any atom is -0.298 e. The van der Waals surface area contributed by atoms with Gasteiger partial charge in [-0.25, -0.2) is 0 Å². The third kappa shape index (κ3) is 1.38. The summed E-state index contributed by atoms with van der Waals surface area (Å²) in [4.78, 5) is 14.8. The fourth-order valence-corrected chi connectivity index (χ4v) is 1.60. The Hall–Kier alpha value is -1.41. The maximum Gasteiger partial charge on any atom is 0.151 e. The highest BCUT2D eigenvalue weighted by atomic mass is 35.5. The number of rotatable bonds is 1. The molecule has 14 heavy (non-hydrogen) atoms. The Morgan fingerprint density at radius 2 is 2.21 bits per heavy atom. The summed E-state index contributed by atoms with van der Waals surface area (Å²) < 4.78 is 0. The Morgan fingerprint density at radius 1 is 1.43 bits per heavy atom. The van der Waals surface area contributed by atoms with E-state index in [1.165, 1.54) is 0 Å². The zero-order chi connectivity index (χ0) is 10.1. The van der Waals surface area contributed by atoms with Gasteiger partial charge in [-0.3, -0.25) is 9.78 Å². The summed E-state index contributed by atoms with van der Waals surface area (Å²) in [5.41, 5.74) is 2.39. The lowest BCUT2D eigenvalue weighted by atomic mass is 10.1. The van der Waals surface area contributed by atoms with Gasteiger partial charge in [-0.1, -0.05) is 11.6 Å². The number of aromatic nitrogens is 1. The first kappa shape index (κ1) is 9.16. The fourth-order valence-electron chi connectivity index (χ4n) is 1.43. The monoisotopic (exact) mass is 205 g/mol. The van der Waals surface area contributed by atoms with E-state index in [2.05, 4.69) is 4.98 Å². The Bertz CT molecular complexity index is 508. The molecule has 0 aliphatic carbocycles. The number of carbonyl (C=O) groups excluding carboxylic acids is 1. The van der Waals surface area contributed by atoms with E-state index in [1.54, 1.807) is 12.3 Å². The second-order valence-electron chi connectivity index (χ2n) is 3.12. The van der Waals surface area contributed by atoms with E-state index >= 15 is 0 Å². The molecule has 0 unspecified atom stereocenters. The molecular weight excluding hydrogens is 198 g/mol. The van der Waals surface area contributed by atoms with Crippen molar-refractivity contribution >= 4 is 28.8 Å². The molecule has 3 heteroatoms. The number of carbonyl (C=O) groups is 1. The number of halogens is 1. The Morgan fingerprint density at radius 3 is 2.93 bits per heavy atom. The summed E-state index contributed by atoms with van der Waals surface area (Å²) in [6, 6.07) is 5.46. The first-order valence-corrected chi connectivity index (χ1v) is 4.60. The van der Waals surface area contributed by atoms with Gasteiger partial charge in [-0.05, 0) is 30.7 Å². The molecule has 0 spiro atoms. The Labute approximate surface area is 86.5 Å². The molecule has 2 aromatic rings. The number of aryl methyl sites for hydroxylation is 1. The summed E-state index contributed by atoms with van der Waals surface area (Å²) in [6.45, 7) is 1.89. The average molecular weight is 206 g/mol. The van der Waals surface area contributed by atoms with Crippen molar-refractivity contribution in [3.05, 3.63) is 40.5 Å². The van der Waals surface area contributed by atoms with Crippen molar-refractivity contribution in [3.8, 4) is 0 Å². The Kier molecular flexibility index (Phi) is 2.22. The summed E-state index contributed by atoms with van der Waals surface area (Å²) in [6.07, 6.45) is 2.39. The number of nitrogens with zero attached hydrogens (tertiary/aromatic N) is 1. The van der Waals surface area contributed by atoms with Crippen molar-refractivity contribution in [3.63, 3.8) is 0 Å². The van der Waals surface area contributed by atoms with E-state index in [4.69, 9.17) is 11.6 Å². The van der Waals surface area contributed by atoms with Crippen LogP contribution in [0.4, 0.5) is 0 Å². The smallest absolute Gasteiger partial charge is 0.151 e. The molecule has 70 valence electrons. The molecule has 0 N–H and O–H groups in total. The maximum atomic E-state index is 10.7. The van der Waals surface area contributed by atoms with Gasteiger partial charge in [0.05, 0.1) is 5.52 Å². The van der Waals surface area contributed by atoms with Crippen molar-refractivity contribution < 1.29 is 4.79 Å². The van der Waals surface area contributed by atoms with Gasteiger partial charge in [0.25, 0.3) is 0 Å². The predicted octanol–water partition coefficient (Wildman–Crippen LogP) is 3.01. The van der Waals surface area contributed by atoms with Crippen LogP contribution in [0, 0.1) is 6.92 Å². The van der Waals surface area contributed by atoms with Crippen LogP contribution in [0.5, 0.6) is 0 Å². The first-order chi connectivity index (χ1) is 6.72. The van der Waals surface area contributed by atoms with Crippen molar-refractivity contribution in [1.29, 1.82) is 0 Å². The number of aldehydes is 1. The third-order valence-electron chi connectivity index (χ3n) is 2.27. The molecular formula is C11H8ClNO. The van der Waals surface area contributed by atoms with Crippen molar-refractivity contribution in [2.75, 3.05) is 0 Å². The summed E-state index contributed by atoms with van der Waals surface area (Å²) in [7, 11) is 0. The first-order valence-electron chi connectivity index (χ1n) is 4.22. The van der Waals surface area contributed by atoms with Crippen LogP contribution >= 0.6 is 11.6 Å². The van der Waals surface area contributed by atoms with Crippen LogP contribution in [0.3, 0.4) is 0 Å². The van der Waals surface area contributed by atoms with Crippen LogP contribution in [0.15, 0.2) is 24.4 Å². The molecule has 0 bridgehead atoms. The van der Waals surface area contributed by atoms with Crippen molar-refractivity contribution in [1.82, 2.24) is 4.98 Å². The van der Waals surface area contributed by atoms with Gasteiger partial charge in [0.2, 0.25) is 0 Å². The maximum absolute atomic E-state index is 10.7. The van der Waals surface area contributed by atoms with Crippen LogP contribution in [-0.2, 0) is 0 Å². The number of hydrogen-bond donors (Lipinski definition) is 0. The van der Waals surface area contributed by atoms with Gasteiger partial charge >= 0.3 is 0 Å². The molecule has 0 saturated carbocycles. The van der Waals surface area contributed by atoms with Gasteiger partial charge in [0.1, 0.15) is 0 Å². The molecule has 0 atom stereocenters. The van der Waals surface area contributed by atoms with Gasteiger partial charge in [0.15, 0.2) is 6.29 Å². The van der Waals surface area contributed by atoms with E-state index in [0.29, 0.717) is 10.6 Å². The van der Waals surface area contributed by atoms with Crippen LogP contribution in [0.2, 0.25) is 5.02 Å². The minimum absolute atomic E-state index is 0.611. The van der Waals surface area contributed by atoms with Crippen LogP contribution < -0.4 is 0 Å². The highest BCUT2D eigenvalue weighted by Gasteiger charge is 2.03. The highest BCUT2D eigenvalue weighted by Crippen LogP contribution is 2.22. The number of fused-ring (bicyclic) bond motifs is 1. The SMILES string of the molecule is Cc1c(C=O)cnc2ccc(Cl)cc12. The van der Waals surface area contributed by atoms with E-state index in [1.807, 2.05) is 19.1 Å². The van der Waals surface area contributed by atoms with E-state index in [-0.39, 0.29) is 0 Å². The molecule has 1 aromatic heterocycles. The summed E-state index contributed by atoms with van der Waals surface area (Å²) >= 11 is 5.87. The van der Waals surface area contributed by atoms with E-state index in [0.717, 1.165) is 22.8 Å². The van der Waals surface area contributed by atoms with Gasteiger partial charge in [-0.2, -0.15) is 0 Å². The van der Waals surface area contributed by atoms with Crippen molar-refractivity contribution in [2.24, 2.45) is 0 Å². The predicted molar refractivity (Wildman–Crippen MR) is 56.9 cm³/mol. The number of hydrogen-bond acceptors (Lipinski definition) is 2. The lowest BCUT2D eigenvalue weighted by Gasteiger charge is -2.03. The molecule has 0 saturated heterocycles. The Balaban J connectivity index is 2.86. The van der Waals surface area contributed by atoms with Crippen LogP contribution in [0.25, 0.3) is 10.9 Å². The zero-order valence-electron chi connectivity index (χ0n) is 7.62. The second-order valence-corrected chi connectivity index (χ2v) is 3.55. The summed E-state index contributed by atoms with van der Waals surface area (Å²) in [5, 5.41) is 1.59. The lowest BCUT2D eigenvalue weighted by molar-refractivity contribution is 0.112. The van der Waals surface area contributed by atoms with Crippen molar-refractivity contribution in [2.45, 2.75) is 6.92 Å². The number of pyridine rings is 1. The quantitative estimate of drug-likeness (QED) is 0.670. The third-order valence-corrected chi connectivity index (χ3v) is 2.50. The van der Waals surface area contributed by atoms with Crippen LogP contribution in [-0.4, -0.2) is 11.3 Å². The minimum atomic E-state index is 0.611. The molecule has 0 aliphatic heterocycles. The van der Waals surface area contributed by atoms with E-state index in [9.17, 15) is 4.79 Å². The van der Waals surface area contributed by atoms with E-state index < -0.39 is 0 Å². The molecule has 1 heterocycles. The fraction of sp³-hybridized carbons (Fsp3) is 0.0909. The standard InChI is InChI=1S/C11H8ClNO/c1-7-8(6-14)5-13-11-3-2-9(12)4-10(7)11/h2-6H,1H3. The van der Waals surface area contributed by atoms with Gasteiger partial charge in [-0.15, -0.1) is 0 Å². The zero-order valence-corrected chi connectivity index (χ0v) is 8.38. The average Bonchev–Trinajstić information content (AvgIpc) is 2.20. The summed E-state index contributed by atoms with van der Waals surface area (Å²) in [5.74, 6) is 0.